The largest absolute Gasteiger partial charge is 0.505 e. The highest BCUT2D eigenvalue weighted by atomic mass is 79.9. The maximum absolute atomic E-state index is 12.5. The van der Waals surface area contributed by atoms with Crippen LogP contribution in [0.2, 0.25) is 0 Å². The van der Waals surface area contributed by atoms with Crippen LogP contribution in [0.15, 0.2) is 6.07 Å². The molecule has 1 rings (SSSR count). The van der Waals surface area contributed by atoms with E-state index in [1.165, 1.54) is 0 Å². The lowest BCUT2D eigenvalue weighted by Gasteiger charge is -2.09. The zero-order valence-electron chi connectivity index (χ0n) is 8.21. The molecular weight excluding hydrogens is 288 g/mol. The highest BCUT2D eigenvalue weighted by Gasteiger charge is 2.21. The van der Waals surface area contributed by atoms with Crippen LogP contribution in [0, 0.1) is 0 Å². The Labute approximate surface area is 98.4 Å². The van der Waals surface area contributed by atoms with Gasteiger partial charge in [-0.2, -0.15) is 0 Å². The van der Waals surface area contributed by atoms with Crippen LogP contribution < -0.4 is 0 Å². The third-order valence-corrected chi connectivity index (χ3v) is 2.39. The fraction of sp³-hybridized carbons (Fsp3) is 0.333. The van der Waals surface area contributed by atoms with E-state index in [0.717, 1.165) is 13.2 Å². The minimum absolute atomic E-state index is 0.00630. The molecule has 0 aliphatic heterocycles. The predicted octanol–water partition coefficient (Wildman–Crippen LogP) is 2.41. The highest BCUT2D eigenvalue weighted by molar-refractivity contribution is 9.08. The Bertz CT molecular complexity index is 412. The summed E-state index contributed by atoms with van der Waals surface area (Å²) in [5.74, 6) is -1.49. The van der Waals surface area contributed by atoms with Gasteiger partial charge in [0, 0.05) is 10.9 Å². The van der Waals surface area contributed by atoms with Crippen molar-refractivity contribution in [1.82, 2.24) is 4.98 Å². The molecule has 0 aliphatic carbocycles. The van der Waals surface area contributed by atoms with E-state index < -0.39 is 23.7 Å². The summed E-state index contributed by atoms with van der Waals surface area (Å²) in [6.45, 7) is 0. The zero-order valence-corrected chi connectivity index (χ0v) is 9.79. The van der Waals surface area contributed by atoms with Gasteiger partial charge in [0.15, 0.2) is 5.69 Å². The zero-order chi connectivity index (χ0) is 12.3. The summed E-state index contributed by atoms with van der Waals surface area (Å²) in [4.78, 5) is 14.8. The van der Waals surface area contributed by atoms with Crippen LogP contribution >= 0.6 is 15.9 Å². The summed E-state index contributed by atoms with van der Waals surface area (Å²) in [6, 6.07) is 0.820. The Balaban J connectivity index is 3.31. The number of rotatable bonds is 3. The predicted molar refractivity (Wildman–Crippen MR) is 54.8 cm³/mol. The fourth-order valence-corrected chi connectivity index (χ4v) is 1.55. The van der Waals surface area contributed by atoms with Gasteiger partial charge in [0.05, 0.1) is 12.8 Å². The summed E-state index contributed by atoms with van der Waals surface area (Å²) in [5.41, 5.74) is -0.795. The molecule has 0 aliphatic rings. The van der Waals surface area contributed by atoms with Crippen LogP contribution in [-0.4, -0.2) is 23.2 Å². The van der Waals surface area contributed by atoms with Gasteiger partial charge >= 0.3 is 5.97 Å². The minimum atomic E-state index is -2.77. The molecule has 1 aromatic rings. The number of methoxy groups -OCH3 is 1. The van der Waals surface area contributed by atoms with Gasteiger partial charge in [-0.3, -0.25) is 0 Å². The molecule has 0 radical (unpaired) electrons. The van der Waals surface area contributed by atoms with Crippen molar-refractivity contribution >= 4 is 21.9 Å². The van der Waals surface area contributed by atoms with E-state index in [0.29, 0.717) is 0 Å². The lowest BCUT2D eigenvalue weighted by atomic mass is 10.1. The molecule has 0 fully saturated rings. The van der Waals surface area contributed by atoms with Crippen LogP contribution in [0.4, 0.5) is 8.78 Å². The number of carbonyl (C=O) groups is 1. The molecule has 0 saturated heterocycles. The summed E-state index contributed by atoms with van der Waals surface area (Å²) in [6.07, 6.45) is -2.77. The summed E-state index contributed by atoms with van der Waals surface area (Å²) < 4.78 is 29.4. The highest BCUT2D eigenvalue weighted by Crippen LogP contribution is 2.28. The van der Waals surface area contributed by atoms with Crippen molar-refractivity contribution in [3.8, 4) is 5.75 Å². The normalized spacial score (nSPS) is 10.6. The van der Waals surface area contributed by atoms with Gasteiger partial charge in [0.25, 0.3) is 6.43 Å². The smallest absolute Gasteiger partial charge is 0.360 e. The second kappa shape index (κ2) is 5.20. The molecule has 16 heavy (non-hydrogen) atoms. The topological polar surface area (TPSA) is 59.4 Å². The first-order valence-corrected chi connectivity index (χ1v) is 5.28. The summed E-state index contributed by atoms with van der Waals surface area (Å²) >= 11 is 2.98. The molecule has 0 amide bonds. The standard InChI is InChI=1S/C9H8BrF2NO3/c1-16-9(15)7-6(14)2-4(8(11)12)5(3-10)13-7/h2,8,14H,3H2,1H3. The number of esters is 1. The minimum Gasteiger partial charge on any atom is -0.505 e. The third kappa shape index (κ3) is 2.46. The number of carbonyl (C=O) groups excluding carboxylic acids is 1. The first-order valence-electron chi connectivity index (χ1n) is 4.16. The van der Waals surface area contributed by atoms with Crippen molar-refractivity contribution in [3.63, 3.8) is 0 Å². The van der Waals surface area contributed by atoms with Crippen molar-refractivity contribution in [2.75, 3.05) is 7.11 Å². The van der Waals surface area contributed by atoms with Gasteiger partial charge in [-0.15, -0.1) is 0 Å². The lowest BCUT2D eigenvalue weighted by molar-refractivity contribution is 0.0589. The van der Waals surface area contributed by atoms with E-state index >= 15 is 0 Å². The van der Waals surface area contributed by atoms with Gasteiger partial charge in [-0.1, -0.05) is 15.9 Å². The van der Waals surface area contributed by atoms with Gasteiger partial charge in [-0.05, 0) is 6.07 Å². The van der Waals surface area contributed by atoms with E-state index in [2.05, 4.69) is 25.7 Å². The maximum Gasteiger partial charge on any atom is 0.360 e. The number of hydrogen-bond acceptors (Lipinski definition) is 4. The molecule has 88 valence electrons. The molecular formula is C9H8BrF2NO3. The number of ether oxygens (including phenoxy) is 1. The molecule has 0 spiro atoms. The number of aromatic hydroxyl groups is 1. The van der Waals surface area contributed by atoms with E-state index in [-0.39, 0.29) is 16.7 Å². The quantitative estimate of drug-likeness (QED) is 0.687. The fourth-order valence-electron chi connectivity index (χ4n) is 1.10. The summed E-state index contributed by atoms with van der Waals surface area (Å²) in [7, 11) is 1.11. The van der Waals surface area contributed by atoms with Crippen LogP contribution in [0.3, 0.4) is 0 Å². The third-order valence-electron chi connectivity index (χ3n) is 1.86. The SMILES string of the molecule is COC(=O)c1nc(CBr)c(C(F)F)cc1O. The number of halogens is 3. The van der Waals surface area contributed by atoms with E-state index in [4.69, 9.17) is 0 Å². The molecule has 1 aromatic heterocycles. The van der Waals surface area contributed by atoms with Crippen LogP contribution in [0.25, 0.3) is 0 Å². The van der Waals surface area contributed by atoms with Gasteiger partial charge in [-0.25, -0.2) is 18.6 Å². The number of alkyl halides is 3. The Kier molecular flexibility index (Phi) is 4.17. The van der Waals surface area contributed by atoms with Gasteiger partial charge < -0.3 is 9.84 Å². The average molecular weight is 296 g/mol. The van der Waals surface area contributed by atoms with Gasteiger partial charge in [0.2, 0.25) is 0 Å². The molecule has 1 N–H and O–H groups in total. The van der Waals surface area contributed by atoms with Crippen LogP contribution in [-0.2, 0) is 10.1 Å². The molecule has 0 atom stereocenters. The Hall–Kier alpha value is -1.24. The molecule has 0 aromatic carbocycles. The first-order chi connectivity index (χ1) is 7.51. The molecule has 0 saturated carbocycles. The second-order valence-corrected chi connectivity index (χ2v) is 3.38. The first kappa shape index (κ1) is 12.8. The number of nitrogens with zero attached hydrogens (tertiary/aromatic N) is 1. The number of hydrogen-bond donors (Lipinski definition) is 1. The Morgan fingerprint density at radius 2 is 2.31 bits per heavy atom. The summed E-state index contributed by atoms with van der Waals surface area (Å²) in [5, 5.41) is 9.40. The molecule has 4 nitrogen and oxygen atoms in total. The van der Waals surface area contributed by atoms with Crippen molar-refractivity contribution < 1.29 is 23.4 Å². The van der Waals surface area contributed by atoms with Crippen molar-refractivity contribution in [3.05, 3.63) is 23.0 Å². The van der Waals surface area contributed by atoms with E-state index in [9.17, 15) is 18.7 Å². The maximum atomic E-state index is 12.5. The Morgan fingerprint density at radius 1 is 1.69 bits per heavy atom. The van der Waals surface area contributed by atoms with Crippen LogP contribution in [0.5, 0.6) is 5.75 Å². The molecule has 0 unspecified atom stereocenters. The molecule has 0 bridgehead atoms. The van der Waals surface area contributed by atoms with E-state index in [1.807, 2.05) is 0 Å². The van der Waals surface area contributed by atoms with Gasteiger partial charge in [0.1, 0.15) is 5.75 Å². The monoisotopic (exact) mass is 295 g/mol. The Morgan fingerprint density at radius 3 is 2.75 bits per heavy atom. The molecule has 1 heterocycles. The number of aromatic nitrogens is 1. The van der Waals surface area contributed by atoms with E-state index in [1.54, 1.807) is 0 Å². The molecule has 7 heteroatoms. The van der Waals surface area contributed by atoms with Crippen molar-refractivity contribution in [2.24, 2.45) is 0 Å². The lowest BCUT2D eigenvalue weighted by Crippen LogP contribution is -2.08. The van der Waals surface area contributed by atoms with Crippen LogP contribution in [0.1, 0.15) is 28.2 Å². The van der Waals surface area contributed by atoms with Crippen molar-refractivity contribution in [1.29, 1.82) is 0 Å². The number of pyridine rings is 1. The second-order valence-electron chi connectivity index (χ2n) is 2.82. The average Bonchev–Trinajstić information content (AvgIpc) is 2.27. The van der Waals surface area contributed by atoms with Crippen molar-refractivity contribution in [2.45, 2.75) is 11.8 Å².